The quantitative estimate of drug-likeness (QED) is 0.318. The van der Waals surface area contributed by atoms with E-state index in [2.05, 4.69) is 5.73 Å². The first kappa shape index (κ1) is 9.02. The molecule has 0 aromatic carbocycles. The highest BCUT2D eigenvalue weighted by atomic mass is 16.5. The van der Waals surface area contributed by atoms with E-state index >= 15 is 0 Å². The van der Waals surface area contributed by atoms with Crippen LogP contribution in [0.3, 0.4) is 0 Å². The highest BCUT2D eigenvalue weighted by Gasteiger charge is 1.76. The Morgan fingerprint density at radius 3 is 2.00 bits per heavy atom. The number of nitrogens with two attached hydrogens (primary N) is 2. The predicted octanol–water partition coefficient (Wildman–Crippen LogP) is -2.70. The van der Waals surface area contributed by atoms with E-state index in [0.717, 1.165) is 0 Å². The topological polar surface area (TPSA) is 114 Å². The number of hydroxylamine groups is 1. The molecule has 0 unspecified atom stereocenters. The summed E-state index contributed by atoms with van der Waals surface area (Å²) in [4.78, 5) is 9.22. The second-order valence-corrected chi connectivity index (χ2v) is 0.520. The predicted molar refractivity (Wildman–Crippen MR) is 18.5 cm³/mol. The van der Waals surface area contributed by atoms with Crippen LogP contribution in [-0.2, 0) is 0 Å². The lowest BCUT2D eigenvalue weighted by Gasteiger charge is -1.86. The van der Waals surface area contributed by atoms with Crippen molar-refractivity contribution < 1.29 is 15.8 Å². The van der Waals surface area contributed by atoms with Crippen LogP contribution in [0.4, 0.5) is 4.79 Å². The number of amides is 2. The van der Waals surface area contributed by atoms with Crippen molar-refractivity contribution in [1.29, 1.82) is 0 Å². The summed E-state index contributed by atoms with van der Waals surface area (Å²) >= 11 is 0. The zero-order chi connectivity index (χ0) is 4.28. The normalized spacial score (nSPS) is 6.17. The van der Waals surface area contributed by atoms with E-state index in [1.165, 1.54) is 0 Å². The van der Waals surface area contributed by atoms with Crippen molar-refractivity contribution in [1.82, 2.24) is 0 Å². The molecule has 5 nitrogen and oxygen atoms in total. The average Bonchev–Trinajstić information content (AvgIpc) is 1.38. The van der Waals surface area contributed by atoms with E-state index in [-0.39, 0.29) is 11.0 Å². The number of primary amides is 2. The Morgan fingerprint density at radius 2 is 2.00 bits per heavy atom. The van der Waals surface area contributed by atoms with Gasteiger partial charge in [0.1, 0.15) is 0 Å². The zero-order valence-electron chi connectivity index (χ0n) is 2.97. The van der Waals surface area contributed by atoms with Crippen LogP contribution in [0.15, 0.2) is 0 Å². The molecule has 0 aliphatic heterocycles. The monoisotopic (exact) mass is 94.0 g/mol. The Kier molecular flexibility index (Phi) is 6.54. The molecule has 0 saturated heterocycles. The molecule has 6 N–H and O–H groups in total. The minimum atomic E-state index is -0.926. The van der Waals surface area contributed by atoms with Crippen molar-refractivity contribution in [2.45, 2.75) is 0 Å². The highest BCUT2D eigenvalue weighted by molar-refractivity contribution is 5.60. The summed E-state index contributed by atoms with van der Waals surface area (Å²) in [6.45, 7) is 0. The second kappa shape index (κ2) is 4.35. The van der Waals surface area contributed by atoms with Crippen LogP contribution < -0.4 is 11.2 Å². The Morgan fingerprint density at radius 1 is 1.83 bits per heavy atom. The van der Waals surface area contributed by atoms with Crippen molar-refractivity contribution in [2.75, 3.05) is 0 Å². The fraction of sp³-hybridized carbons (Fsp3) is 0. The van der Waals surface area contributed by atoms with Crippen LogP contribution in [0.25, 0.3) is 0 Å². The van der Waals surface area contributed by atoms with Crippen molar-refractivity contribution in [3.05, 3.63) is 5.21 Å². The van der Waals surface area contributed by atoms with Crippen molar-refractivity contribution in [3.8, 4) is 0 Å². The van der Waals surface area contributed by atoms with Crippen LogP contribution in [0.1, 0.15) is 0 Å². The molecule has 0 rings (SSSR count). The summed E-state index contributed by atoms with van der Waals surface area (Å²) in [5, 5.41) is 9.03. The Labute approximate surface area is 34.0 Å². The molecule has 0 aliphatic carbocycles. The van der Waals surface area contributed by atoms with Crippen molar-refractivity contribution >= 4 is 6.03 Å². The molecule has 0 bridgehead atoms. The van der Waals surface area contributed by atoms with E-state index in [0.29, 0.717) is 0 Å². The first-order valence-corrected chi connectivity index (χ1v) is 1.02. The van der Waals surface area contributed by atoms with Gasteiger partial charge in [0.05, 0.1) is 0 Å². The summed E-state index contributed by atoms with van der Waals surface area (Å²) in [6, 6.07) is -0.926. The molecule has 0 heterocycles. The average molecular weight is 94.1 g/mol. The van der Waals surface area contributed by atoms with Crippen molar-refractivity contribution in [2.24, 2.45) is 5.73 Å². The van der Waals surface area contributed by atoms with Crippen LogP contribution in [0.2, 0.25) is 0 Å². The summed E-state index contributed by atoms with van der Waals surface area (Å²) in [6.07, 6.45) is 0. The molecule has 0 atom stereocenters. The molecule has 0 spiro atoms. The fourth-order valence-corrected chi connectivity index (χ4v) is 0. The number of quaternary nitrogens is 1. The molecule has 0 saturated carbocycles. The summed E-state index contributed by atoms with van der Waals surface area (Å²) in [5.41, 5.74) is 4.34. The van der Waals surface area contributed by atoms with Gasteiger partial charge in [-0.15, -0.1) is 0 Å². The SMILES string of the molecule is NC(=O)[NH2+][O-].O. The van der Waals surface area contributed by atoms with Gasteiger partial charge >= 0.3 is 6.03 Å². The molecule has 0 aromatic rings. The van der Waals surface area contributed by atoms with Gasteiger partial charge in [0.15, 0.2) is 0 Å². The van der Waals surface area contributed by atoms with Crippen LogP contribution >= 0.6 is 0 Å². The number of urea groups is 1. The number of carbonyl (C=O) groups is 1. The van der Waals surface area contributed by atoms with E-state index < -0.39 is 6.03 Å². The third-order valence-electron chi connectivity index (χ3n) is 0.116. The van der Waals surface area contributed by atoms with E-state index in [4.69, 9.17) is 5.21 Å². The summed E-state index contributed by atoms with van der Waals surface area (Å²) in [5.74, 6) is 0. The zero-order valence-corrected chi connectivity index (χ0v) is 2.97. The molecule has 38 valence electrons. The van der Waals surface area contributed by atoms with Gasteiger partial charge in [-0.3, -0.25) is 0 Å². The number of carbonyl (C=O) groups excluding carboxylic acids is 1. The van der Waals surface area contributed by atoms with Crippen LogP contribution in [0.5, 0.6) is 0 Å². The Balaban J connectivity index is 0. The van der Waals surface area contributed by atoms with E-state index in [1.807, 2.05) is 0 Å². The standard InChI is InChI=1S/CH4N2O2.H2O/c2-1(4)3-5;/h3H2,(H2,2,4);1H2. The van der Waals surface area contributed by atoms with Crippen LogP contribution in [-0.4, -0.2) is 11.5 Å². The van der Waals surface area contributed by atoms with Gasteiger partial charge in [-0.2, -0.15) is 0 Å². The molecule has 5 heteroatoms. The van der Waals surface area contributed by atoms with Gasteiger partial charge in [0.2, 0.25) is 0 Å². The lowest BCUT2D eigenvalue weighted by Crippen LogP contribution is -2.84. The van der Waals surface area contributed by atoms with Gasteiger partial charge < -0.3 is 21.9 Å². The number of rotatable bonds is 0. The second-order valence-electron chi connectivity index (χ2n) is 0.520. The third-order valence-corrected chi connectivity index (χ3v) is 0.116. The molecular weight excluding hydrogens is 88.0 g/mol. The number of hydrogen-bond donors (Lipinski definition) is 2. The Hall–Kier alpha value is -0.650. The minimum Gasteiger partial charge on any atom is -0.627 e. The summed E-state index contributed by atoms with van der Waals surface area (Å²) < 4.78 is 0. The molecule has 0 radical (unpaired) electrons. The van der Waals surface area contributed by atoms with Gasteiger partial charge in [0, 0.05) is 0 Å². The third kappa shape index (κ3) is 10.2. The largest absolute Gasteiger partial charge is 0.627 e. The molecule has 2 amide bonds. The van der Waals surface area contributed by atoms with Gasteiger partial charge in [-0.25, -0.2) is 4.79 Å². The molecule has 0 fully saturated rings. The lowest BCUT2D eigenvalue weighted by atomic mass is 11.2. The van der Waals surface area contributed by atoms with E-state index in [9.17, 15) is 4.79 Å². The molecule has 0 aliphatic rings. The maximum atomic E-state index is 9.22. The fourth-order valence-electron chi connectivity index (χ4n) is 0. The lowest BCUT2D eigenvalue weighted by molar-refractivity contribution is -0.479. The first-order chi connectivity index (χ1) is 2.27. The smallest absolute Gasteiger partial charge is 0.410 e. The maximum Gasteiger partial charge on any atom is 0.410 e. The van der Waals surface area contributed by atoms with Gasteiger partial charge in [0.25, 0.3) is 0 Å². The van der Waals surface area contributed by atoms with E-state index in [1.54, 1.807) is 0 Å². The van der Waals surface area contributed by atoms with Gasteiger partial charge in [-0.1, -0.05) is 0 Å². The summed E-state index contributed by atoms with van der Waals surface area (Å²) in [7, 11) is 0. The molecule has 0 aromatic heterocycles. The number of hydrogen-bond acceptors (Lipinski definition) is 2. The molecule has 6 heavy (non-hydrogen) atoms. The Bertz CT molecular complexity index is 44.1. The van der Waals surface area contributed by atoms with Crippen LogP contribution in [0, 0.1) is 5.21 Å². The minimum absolute atomic E-state index is 0. The maximum absolute atomic E-state index is 9.22. The highest BCUT2D eigenvalue weighted by Crippen LogP contribution is 1.25. The van der Waals surface area contributed by atoms with Crippen molar-refractivity contribution in [3.63, 3.8) is 0 Å². The molecular formula is CH6N2O3. The van der Waals surface area contributed by atoms with Gasteiger partial charge in [-0.05, 0) is 0 Å². The first-order valence-electron chi connectivity index (χ1n) is 1.02.